The van der Waals surface area contributed by atoms with Crippen molar-refractivity contribution in [2.45, 2.75) is 44.6 Å². The number of amides is 1. The maximum atomic E-state index is 12.2. The summed E-state index contributed by atoms with van der Waals surface area (Å²) in [5.41, 5.74) is 8.32. The largest absolute Gasteiger partial charge is 0.384 e. The number of rotatable bonds is 7. The number of amidine groups is 1. The summed E-state index contributed by atoms with van der Waals surface area (Å²) in [6, 6.07) is 20.1. The number of oxime groups is 1. The van der Waals surface area contributed by atoms with Crippen LogP contribution in [0.25, 0.3) is 0 Å². The second-order valence-corrected chi connectivity index (χ2v) is 7.48. The first-order valence-corrected chi connectivity index (χ1v) is 9.99. The molecule has 3 rings (SSSR count). The van der Waals surface area contributed by atoms with Gasteiger partial charge in [0.25, 0.3) is 5.91 Å². The summed E-state index contributed by atoms with van der Waals surface area (Å²) in [5, 5.41) is 7.12. The molecule has 5 heteroatoms. The molecule has 5 nitrogen and oxygen atoms in total. The lowest BCUT2D eigenvalue weighted by Crippen LogP contribution is -2.42. The molecule has 3 N–H and O–H groups in total. The molecule has 2 aromatic carbocycles. The van der Waals surface area contributed by atoms with Crippen LogP contribution in [-0.4, -0.2) is 24.4 Å². The van der Waals surface area contributed by atoms with Gasteiger partial charge in [-0.05, 0) is 29.9 Å². The van der Waals surface area contributed by atoms with Crippen LogP contribution in [0.3, 0.4) is 0 Å². The van der Waals surface area contributed by atoms with Crippen LogP contribution in [0.4, 0.5) is 0 Å². The van der Waals surface area contributed by atoms with E-state index in [9.17, 15) is 4.79 Å². The van der Waals surface area contributed by atoms with Gasteiger partial charge >= 0.3 is 0 Å². The van der Waals surface area contributed by atoms with E-state index in [4.69, 9.17) is 10.6 Å². The first-order valence-electron chi connectivity index (χ1n) is 9.99. The van der Waals surface area contributed by atoms with Gasteiger partial charge in [0.1, 0.15) is 0 Å². The first kappa shape index (κ1) is 19.9. The summed E-state index contributed by atoms with van der Waals surface area (Å²) in [7, 11) is 0. The SMILES string of the molecule is C[C@H]1CCCC[C@@H]1NC(=O)CO/N=C(/N)C(c1ccccc1)c1ccccc1. The van der Waals surface area contributed by atoms with Crippen LogP contribution in [0.1, 0.15) is 49.7 Å². The highest BCUT2D eigenvalue weighted by atomic mass is 16.6. The molecule has 1 aliphatic carbocycles. The molecule has 1 amide bonds. The van der Waals surface area contributed by atoms with Gasteiger partial charge in [-0.3, -0.25) is 4.79 Å². The summed E-state index contributed by atoms with van der Waals surface area (Å²) in [5.74, 6) is 0.471. The Hall–Kier alpha value is -2.82. The Balaban J connectivity index is 1.63. The van der Waals surface area contributed by atoms with Crippen molar-refractivity contribution in [3.05, 3.63) is 71.8 Å². The third-order valence-corrected chi connectivity index (χ3v) is 5.39. The molecular formula is C23H29N3O2. The fourth-order valence-electron chi connectivity index (χ4n) is 3.82. The van der Waals surface area contributed by atoms with E-state index in [0.717, 1.165) is 30.4 Å². The summed E-state index contributed by atoms with van der Waals surface area (Å²) in [4.78, 5) is 17.5. The molecule has 0 aromatic heterocycles. The minimum atomic E-state index is -0.219. The van der Waals surface area contributed by atoms with Gasteiger partial charge in [-0.15, -0.1) is 0 Å². The fraction of sp³-hybridized carbons (Fsp3) is 0.391. The molecule has 0 radical (unpaired) electrons. The minimum Gasteiger partial charge on any atom is -0.384 e. The maximum absolute atomic E-state index is 12.2. The number of nitrogens with zero attached hydrogens (tertiary/aromatic N) is 1. The number of carbonyl (C=O) groups is 1. The molecular weight excluding hydrogens is 350 g/mol. The molecule has 1 aliphatic rings. The third-order valence-electron chi connectivity index (χ3n) is 5.39. The van der Waals surface area contributed by atoms with Crippen molar-refractivity contribution in [3.63, 3.8) is 0 Å². The highest BCUT2D eigenvalue weighted by Crippen LogP contribution is 2.25. The van der Waals surface area contributed by atoms with Gasteiger partial charge in [-0.2, -0.15) is 0 Å². The average Bonchev–Trinajstić information content (AvgIpc) is 2.71. The van der Waals surface area contributed by atoms with Crippen molar-refractivity contribution in [1.82, 2.24) is 5.32 Å². The number of hydrogen-bond donors (Lipinski definition) is 2. The zero-order valence-electron chi connectivity index (χ0n) is 16.4. The van der Waals surface area contributed by atoms with E-state index in [2.05, 4.69) is 17.4 Å². The predicted molar refractivity (Wildman–Crippen MR) is 112 cm³/mol. The smallest absolute Gasteiger partial charge is 0.261 e. The van der Waals surface area contributed by atoms with E-state index in [1.54, 1.807) is 0 Å². The van der Waals surface area contributed by atoms with E-state index in [1.165, 1.54) is 6.42 Å². The van der Waals surface area contributed by atoms with E-state index in [0.29, 0.717) is 11.8 Å². The summed E-state index contributed by atoms with van der Waals surface area (Å²) >= 11 is 0. The highest BCUT2D eigenvalue weighted by Gasteiger charge is 2.23. The molecule has 0 aliphatic heterocycles. The van der Waals surface area contributed by atoms with E-state index < -0.39 is 0 Å². The van der Waals surface area contributed by atoms with Crippen LogP contribution in [0.2, 0.25) is 0 Å². The number of carbonyl (C=O) groups excluding carboxylic acids is 1. The van der Waals surface area contributed by atoms with Crippen molar-refractivity contribution >= 4 is 11.7 Å². The maximum Gasteiger partial charge on any atom is 0.261 e. The molecule has 148 valence electrons. The monoisotopic (exact) mass is 379 g/mol. The van der Waals surface area contributed by atoms with Crippen LogP contribution >= 0.6 is 0 Å². The van der Waals surface area contributed by atoms with Crippen LogP contribution in [0.15, 0.2) is 65.8 Å². The molecule has 28 heavy (non-hydrogen) atoms. The quantitative estimate of drug-likeness (QED) is 0.436. The lowest BCUT2D eigenvalue weighted by atomic mass is 9.86. The van der Waals surface area contributed by atoms with Crippen LogP contribution in [0.5, 0.6) is 0 Å². The second kappa shape index (κ2) is 9.93. The van der Waals surface area contributed by atoms with Gasteiger partial charge < -0.3 is 15.9 Å². The van der Waals surface area contributed by atoms with Crippen molar-refractivity contribution in [2.24, 2.45) is 16.8 Å². The van der Waals surface area contributed by atoms with Gasteiger partial charge in [-0.25, -0.2) is 0 Å². The van der Waals surface area contributed by atoms with E-state index >= 15 is 0 Å². The zero-order valence-corrected chi connectivity index (χ0v) is 16.4. The Morgan fingerprint density at radius 1 is 1.07 bits per heavy atom. The van der Waals surface area contributed by atoms with Crippen molar-refractivity contribution in [3.8, 4) is 0 Å². The Morgan fingerprint density at radius 3 is 2.21 bits per heavy atom. The van der Waals surface area contributed by atoms with Crippen LogP contribution in [-0.2, 0) is 9.63 Å². The van der Waals surface area contributed by atoms with Gasteiger partial charge in [0.05, 0.1) is 5.92 Å². The number of nitrogens with one attached hydrogen (secondary N) is 1. The van der Waals surface area contributed by atoms with Crippen LogP contribution in [0, 0.1) is 5.92 Å². The first-order chi connectivity index (χ1) is 13.6. The Labute approximate surface area is 167 Å². The molecule has 2 atom stereocenters. The summed E-state index contributed by atoms with van der Waals surface area (Å²) in [6.07, 6.45) is 4.59. The van der Waals surface area contributed by atoms with E-state index in [-0.39, 0.29) is 24.5 Å². The molecule has 0 bridgehead atoms. The molecule has 0 unspecified atom stereocenters. The van der Waals surface area contributed by atoms with Crippen molar-refractivity contribution in [1.29, 1.82) is 0 Å². The fourth-order valence-corrected chi connectivity index (χ4v) is 3.82. The number of nitrogens with two attached hydrogens (primary N) is 1. The Kier molecular flexibility index (Phi) is 7.06. The van der Waals surface area contributed by atoms with Gasteiger partial charge in [0, 0.05) is 6.04 Å². The van der Waals surface area contributed by atoms with Crippen molar-refractivity contribution < 1.29 is 9.63 Å². The van der Waals surface area contributed by atoms with Crippen molar-refractivity contribution in [2.75, 3.05) is 6.61 Å². The number of hydrogen-bond acceptors (Lipinski definition) is 3. The predicted octanol–water partition coefficient (Wildman–Crippen LogP) is 3.80. The van der Waals surface area contributed by atoms with Gasteiger partial charge in [0.2, 0.25) is 0 Å². The molecule has 1 saturated carbocycles. The normalized spacial score (nSPS) is 20.0. The van der Waals surface area contributed by atoms with Crippen LogP contribution < -0.4 is 11.1 Å². The summed E-state index contributed by atoms with van der Waals surface area (Å²) in [6.45, 7) is 2.06. The lowest BCUT2D eigenvalue weighted by molar-refractivity contribution is -0.127. The molecule has 2 aromatic rings. The summed E-state index contributed by atoms with van der Waals surface area (Å²) < 4.78 is 0. The molecule has 0 saturated heterocycles. The molecule has 0 heterocycles. The van der Waals surface area contributed by atoms with E-state index in [1.807, 2.05) is 60.7 Å². The minimum absolute atomic E-state index is 0.125. The second-order valence-electron chi connectivity index (χ2n) is 7.48. The Morgan fingerprint density at radius 2 is 1.64 bits per heavy atom. The topological polar surface area (TPSA) is 76.7 Å². The molecule has 0 spiro atoms. The molecule has 1 fully saturated rings. The van der Waals surface area contributed by atoms with Gasteiger partial charge in [0.15, 0.2) is 12.4 Å². The average molecular weight is 380 g/mol. The number of benzene rings is 2. The standard InChI is InChI=1S/C23H29N3O2/c1-17-10-8-9-15-20(17)25-21(27)16-28-26-23(24)22(18-11-4-2-5-12-18)19-13-6-3-7-14-19/h2-7,11-14,17,20,22H,8-10,15-16H2,1H3,(H2,24,26)(H,25,27)/t17-,20-/m0/s1. The highest BCUT2D eigenvalue weighted by molar-refractivity contribution is 5.90. The third kappa shape index (κ3) is 5.35. The van der Waals surface area contributed by atoms with Gasteiger partial charge in [-0.1, -0.05) is 85.6 Å². The lowest BCUT2D eigenvalue weighted by Gasteiger charge is -2.29. The zero-order chi connectivity index (χ0) is 19.8. The Bertz CT molecular complexity index is 737.